The van der Waals surface area contributed by atoms with Crippen LogP contribution in [0.2, 0.25) is 0 Å². The van der Waals surface area contributed by atoms with E-state index in [2.05, 4.69) is 0 Å². The third-order valence-corrected chi connectivity index (χ3v) is 8.96. The summed E-state index contributed by atoms with van der Waals surface area (Å²) in [7, 11) is 0. The molecule has 1 spiro atoms. The van der Waals surface area contributed by atoms with Gasteiger partial charge in [0.2, 0.25) is 0 Å². The predicted octanol–water partition coefficient (Wildman–Crippen LogP) is 1.86. The molecule has 0 unspecified atom stereocenters. The first kappa shape index (κ1) is 26.6. The average molecular weight is 509 g/mol. The van der Waals surface area contributed by atoms with Crippen molar-refractivity contribution in [2.24, 2.45) is 22.7 Å². The number of aliphatic hydroxyl groups excluding tert-OH is 1. The van der Waals surface area contributed by atoms with Crippen LogP contribution in [0.4, 0.5) is 0 Å². The lowest BCUT2D eigenvalue weighted by atomic mass is 9.42. The van der Waals surface area contributed by atoms with E-state index >= 15 is 0 Å². The van der Waals surface area contributed by atoms with E-state index in [9.17, 15) is 24.3 Å². The zero-order valence-electron chi connectivity index (χ0n) is 21.5. The van der Waals surface area contributed by atoms with Crippen molar-refractivity contribution in [3.05, 3.63) is 11.6 Å². The second kappa shape index (κ2) is 9.45. The van der Waals surface area contributed by atoms with E-state index < -0.39 is 64.5 Å². The number of epoxide rings is 1. The minimum absolute atomic E-state index is 0.0181. The van der Waals surface area contributed by atoms with Gasteiger partial charge < -0.3 is 28.8 Å². The quantitative estimate of drug-likeness (QED) is 0.308. The van der Waals surface area contributed by atoms with Gasteiger partial charge in [0, 0.05) is 38.3 Å². The van der Waals surface area contributed by atoms with Gasteiger partial charge in [-0.15, -0.1) is 0 Å². The number of carbonyl (C=O) groups is 4. The molecule has 200 valence electrons. The SMILES string of the molecule is CC(=O)OC[C@@]12[C@@H](OC(C)=O)C[C@H](C)[C@](C)(C[C@@H](O)C3=CC(=O)OC3)[C@H]1[C@H](OC(C)=O)CC[C@]21CO1. The molecule has 0 radical (unpaired) electrons. The van der Waals surface area contributed by atoms with E-state index in [1.54, 1.807) is 0 Å². The molecule has 0 aromatic rings. The fourth-order valence-electron chi connectivity index (χ4n) is 7.19. The zero-order valence-corrected chi connectivity index (χ0v) is 21.5. The normalized spacial score (nSPS) is 39.9. The number of hydrogen-bond acceptors (Lipinski definition) is 10. The summed E-state index contributed by atoms with van der Waals surface area (Å²) in [5.74, 6) is -2.47. The van der Waals surface area contributed by atoms with E-state index in [1.165, 1.54) is 26.8 Å². The maximum absolute atomic E-state index is 12.3. The highest BCUT2D eigenvalue weighted by molar-refractivity contribution is 5.85. The van der Waals surface area contributed by atoms with Crippen LogP contribution in [0, 0.1) is 22.7 Å². The summed E-state index contributed by atoms with van der Waals surface area (Å²) >= 11 is 0. The number of esters is 4. The minimum Gasteiger partial charge on any atom is -0.465 e. The van der Waals surface area contributed by atoms with Gasteiger partial charge in [-0.3, -0.25) is 14.4 Å². The molecule has 10 heteroatoms. The Bertz CT molecular complexity index is 968. The lowest BCUT2D eigenvalue weighted by molar-refractivity contribution is -0.258. The second-order valence-corrected chi connectivity index (χ2v) is 11.1. The molecule has 1 N–H and O–H groups in total. The third kappa shape index (κ3) is 4.42. The number of hydrogen-bond donors (Lipinski definition) is 1. The van der Waals surface area contributed by atoms with E-state index in [1.807, 2.05) is 13.8 Å². The molecule has 4 rings (SSSR count). The van der Waals surface area contributed by atoms with Gasteiger partial charge >= 0.3 is 23.9 Å². The summed E-state index contributed by atoms with van der Waals surface area (Å²) in [4.78, 5) is 48.2. The molecule has 0 aromatic heterocycles. The topological polar surface area (TPSA) is 138 Å². The number of cyclic esters (lactones) is 1. The van der Waals surface area contributed by atoms with E-state index in [-0.39, 0.29) is 25.6 Å². The Balaban J connectivity index is 1.85. The van der Waals surface area contributed by atoms with Crippen LogP contribution >= 0.6 is 0 Å². The molecule has 36 heavy (non-hydrogen) atoms. The number of ether oxygens (including phenoxy) is 5. The summed E-state index contributed by atoms with van der Waals surface area (Å²) in [6, 6.07) is 0. The van der Waals surface area contributed by atoms with Crippen molar-refractivity contribution >= 4 is 23.9 Å². The fraction of sp³-hybridized carbons (Fsp3) is 0.769. The molecule has 4 aliphatic rings. The van der Waals surface area contributed by atoms with Gasteiger partial charge in [-0.1, -0.05) is 13.8 Å². The molecule has 2 aliphatic carbocycles. The van der Waals surface area contributed by atoms with Crippen LogP contribution in [0.1, 0.15) is 60.3 Å². The van der Waals surface area contributed by atoms with Gasteiger partial charge in [-0.05, 0) is 37.0 Å². The number of rotatable bonds is 7. The zero-order chi connectivity index (χ0) is 26.5. The van der Waals surface area contributed by atoms with Crippen molar-refractivity contribution in [2.75, 3.05) is 19.8 Å². The number of aliphatic hydroxyl groups is 1. The molecule has 8 atom stereocenters. The van der Waals surface area contributed by atoms with E-state index in [0.29, 0.717) is 31.4 Å². The molecule has 0 amide bonds. The van der Waals surface area contributed by atoms with Gasteiger partial charge in [0.1, 0.15) is 31.0 Å². The van der Waals surface area contributed by atoms with E-state index in [4.69, 9.17) is 23.7 Å². The van der Waals surface area contributed by atoms with Crippen molar-refractivity contribution in [3.63, 3.8) is 0 Å². The fourth-order valence-corrected chi connectivity index (χ4v) is 7.19. The largest absolute Gasteiger partial charge is 0.465 e. The highest BCUT2D eigenvalue weighted by atomic mass is 16.6. The molecular formula is C26H36O10. The molecule has 2 heterocycles. The minimum atomic E-state index is -1.000. The molecule has 10 nitrogen and oxygen atoms in total. The van der Waals surface area contributed by atoms with Crippen LogP contribution in [0.3, 0.4) is 0 Å². The number of carbonyl (C=O) groups excluding carboxylic acids is 4. The Hall–Kier alpha value is -2.46. The first-order valence-corrected chi connectivity index (χ1v) is 12.5. The van der Waals surface area contributed by atoms with Crippen molar-refractivity contribution in [1.82, 2.24) is 0 Å². The first-order valence-electron chi connectivity index (χ1n) is 12.5. The summed E-state index contributed by atoms with van der Waals surface area (Å²) in [6.07, 6.45) is 0.832. The van der Waals surface area contributed by atoms with Crippen molar-refractivity contribution < 1.29 is 48.0 Å². The Morgan fingerprint density at radius 1 is 1.17 bits per heavy atom. The van der Waals surface area contributed by atoms with Crippen LogP contribution in [0.5, 0.6) is 0 Å². The molecule has 1 saturated heterocycles. The maximum atomic E-state index is 12.3. The van der Waals surface area contributed by atoms with Crippen molar-refractivity contribution in [3.8, 4) is 0 Å². The van der Waals surface area contributed by atoms with Gasteiger partial charge in [0.05, 0.1) is 18.1 Å². The Morgan fingerprint density at radius 3 is 2.36 bits per heavy atom. The lowest BCUT2D eigenvalue weighted by Crippen LogP contribution is -2.71. The van der Waals surface area contributed by atoms with Crippen molar-refractivity contribution in [1.29, 1.82) is 0 Å². The Labute approximate surface area is 210 Å². The van der Waals surface area contributed by atoms with Gasteiger partial charge in [-0.2, -0.15) is 0 Å². The molecule has 2 aliphatic heterocycles. The van der Waals surface area contributed by atoms with Gasteiger partial charge in [-0.25, -0.2) is 4.79 Å². The monoisotopic (exact) mass is 508 g/mol. The summed E-state index contributed by atoms with van der Waals surface area (Å²) in [6.45, 7) is 8.38. The van der Waals surface area contributed by atoms with Crippen LogP contribution in [0.15, 0.2) is 11.6 Å². The Kier molecular flexibility index (Phi) is 6.98. The average Bonchev–Trinajstić information content (AvgIpc) is 3.42. The molecule has 0 bridgehead atoms. The molecule has 2 saturated carbocycles. The van der Waals surface area contributed by atoms with Crippen molar-refractivity contribution in [2.45, 2.75) is 84.2 Å². The van der Waals surface area contributed by atoms with Gasteiger partial charge in [0.15, 0.2) is 0 Å². The van der Waals surface area contributed by atoms with Crippen LogP contribution < -0.4 is 0 Å². The number of fused-ring (bicyclic) bond motifs is 2. The highest BCUT2D eigenvalue weighted by Crippen LogP contribution is 2.69. The summed E-state index contributed by atoms with van der Waals surface area (Å²) in [5, 5.41) is 11.2. The Morgan fingerprint density at radius 2 is 1.83 bits per heavy atom. The maximum Gasteiger partial charge on any atom is 0.331 e. The van der Waals surface area contributed by atoms with Crippen LogP contribution in [-0.4, -0.2) is 72.7 Å². The lowest BCUT2D eigenvalue weighted by Gasteiger charge is -2.64. The summed E-state index contributed by atoms with van der Waals surface area (Å²) in [5.41, 5.74) is -1.91. The first-order chi connectivity index (χ1) is 16.8. The second-order valence-electron chi connectivity index (χ2n) is 11.1. The smallest absolute Gasteiger partial charge is 0.331 e. The molecule has 3 fully saturated rings. The standard InChI is InChI=1S/C26H36O10/c1-14-8-21(36-17(4)29)26(13-33-15(2)27)23(20(35-16(3)28)6-7-25(26)12-34-25)24(14,5)10-19(30)18-9-22(31)32-11-18/h9,14,19-21,23,30H,6-8,10-13H2,1-5H3/t14-,19+,20+,21-,23+,24-,25-,26+/m0/s1. The third-order valence-electron chi connectivity index (χ3n) is 8.96. The van der Waals surface area contributed by atoms with Crippen LogP contribution in [-0.2, 0) is 42.9 Å². The van der Waals surface area contributed by atoms with Gasteiger partial charge in [0.25, 0.3) is 0 Å². The summed E-state index contributed by atoms with van der Waals surface area (Å²) < 4.78 is 28.5. The van der Waals surface area contributed by atoms with E-state index in [0.717, 1.165) is 0 Å². The molecular weight excluding hydrogens is 472 g/mol. The predicted molar refractivity (Wildman–Crippen MR) is 123 cm³/mol. The highest BCUT2D eigenvalue weighted by Gasteiger charge is 2.77. The van der Waals surface area contributed by atoms with Crippen LogP contribution in [0.25, 0.3) is 0 Å². The molecule has 0 aromatic carbocycles.